The first kappa shape index (κ1) is 19.0. The van der Waals surface area contributed by atoms with Gasteiger partial charge in [-0.15, -0.1) is 0 Å². The molecule has 0 bridgehead atoms. The Morgan fingerprint density at radius 3 is 2.78 bits per heavy atom. The molecule has 5 N–H and O–H groups in total. The van der Waals surface area contributed by atoms with Gasteiger partial charge in [0.15, 0.2) is 5.16 Å². The predicted octanol–water partition coefficient (Wildman–Crippen LogP) is 1.17. The van der Waals surface area contributed by atoms with E-state index in [1.165, 1.54) is 0 Å². The molecule has 10 heteroatoms. The van der Waals surface area contributed by atoms with Crippen molar-refractivity contribution in [3.05, 3.63) is 23.3 Å². The van der Waals surface area contributed by atoms with E-state index in [2.05, 4.69) is 20.3 Å². The summed E-state index contributed by atoms with van der Waals surface area (Å²) in [5.41, 5.74) is 13.0. The maximum atomic E-state index is 12.2. The van der Waals surface area contributed by atoms with Crippen LogP contribution in [0.1, 0.15) is 25.0 Å². The number of amides is 1. The molecule has 1 atom stereocenters. The molecule has 3 rings (SSSR count). The number of nitrogens with zero attached hydrogens (tertiary/aromatic N) is 3. The fourth-order valence-electron chi connectivity index (χ4n) is 2.74. The lowest BCUT2D eigenvalue weighted by Crippen LogP contribution is -2.25. The number of carbonyl (C=O) groups is 1. The molecule has 1 aromatic heterocycles. The van der Waals surface area contributed by atoms with Crippen LogP contribution >= 0.6 is 11.8 Å². The van der Waals surface area contributed by atoms with Gasteiger partial charge in [0.2, 0.25) is 17.8 Å². The number of rotatable bonds is 7. The van der Waals surface area contributed by atoms with Gasteiger partial charge in [0.25, 0.3) is 0 Å². The number of thioether (sulfide) groups is 1. The molecule has 1 amide bonds. The highest BCUT2D eigenvalue weighted by Gasteiger charge is 2.22. The number of hydrogen-bond acceptors (Lipinski definition) is 9. The van der Waals surface area contributed by atoms with Crippen molar-refractivity contribution in [3.8, 4) is 11.5 Å². The summed E-state index contributed by atoms with van der Waals surface area (Å²) in [6.45, 7) is 4.84. The summed E-state index contributed by atoms with van der Waals surface area (Å²) in [6, 6.07) is 3.93. The Bertz CT molecular complexity index is 827. The highest BCUT2D eigenvalue weighted by atomic mass is 32.2. The fourth-order valence-corrected chi connectivity index (χ4v) is 3.42. The number of nitrogens with two attached hydrogens (primary N) is 2. The zero-order valence-corrected chi connectivity index (χ0v) is 16.0. The summed E-state index contributed by atoms with van der Waals surface area (Å²) in [5.74, 6) is 1.62. The fraction of sp³-hybridized carbons (Fsp3) is 0.412. The van der Waals surface area contributed by atoms with Crippen molar-refractivity contribution in [2.24, 2.45) is 0 Å². The number of hydrogen-bond donors (Lipinski definition) is 3. The van der Waals surface area contributed by atoms with Crippen LogP contribution in [0.3, 0.4) is 0 Å². The van der Waals surface area contributed by atoms with Gasteiger partial charge in [0, 0.05) is 24.1 Å². The van der Waals surface area contributed by atoms with E-state index in [0.717, 1.165) is 40.8 Å². The number of benzene rings is 1. The van der Waals surface area contributed by atoms with E-state index in [1.807, 2.05) is 26.0 Å². The Hall–Kier alpha value is -2.75. The normalized spacial score (nSPS) is 15.1. The Morgan fingerprint density at radius 1 is 1.33 bits per heavy atom. The molecule has 0 spiro atoms. The lowest BCUT2D eigenvalue weighted by atomic mass is 10.1. The number of nitrogens with one attached hydrogen (secondary N) is 1. The van der Waals surface area contributed by atoms with Gasteiger partial charge in [0.05, 0.1) is 12.4 Å². The molecule has 1 aliphatic rings. The summed E-state index contributed by atoms with van der Waals surface area (Å²) >= 11 is 1.14. The number of fused-ring (bicyclic) bond motifs is 1. The van der Waals surface area contributed by atoms with Gasteiger partial charge in [-0.1, -0.05) is 11.8 Å². The third kappa shape index (κ3) is 4.91. The number of carbonyl (C=O) groups excluding carboxylic acids is 1. The average Bonchev–Trinajstić information content (AvgIpc) is 2.96. The Labute approximate surface area is 161 Å². The van der Waals surface area contributed by atoms with E-state index in [1.54, 1.807) is 0 Å². The maximum Gasteiger partial charge on any atom is 0.230 e. The van der Waals surface area contributed by atoms with Gasteiger partial charge in [0.1, 0.15) is 17.6 Å². The van der Waals surface area contributed by atoms with Gasteiger partial charge >= 0.3 is 0 Å². The first-order valence-corrected chi connectivity index (χ1v) is 9.55. The summed E-state index contributed by atoms with van der Waals surface area (Å²) in [4.78, 5) is 23.7. The Balaban J connectivity index is 1.60. The molecule has 1 aromatic carbocycles. The van der Waals surface area contributed by atoms with Crippen molar-refractivity contribution in [3.63, 3.8) is 0 Å². The van der Waals surface area contributed by atoms with E-state index in [9.17, 15) is 4.79 Å². The smallest absolute Gasteiger partial charge is 0.230 e. The quantitative estimate of drug-likeness (QED) is 0.594. The van der Waals surface area contributed by atoms with Crippen LogP contribution in [0.25, 0.3) is 0 Å². The first-order chi connectivity index (χ1) is 12.9. The minimum Gasteiger partial charge on any atom is -0.494 e. The zero-order chi connectivity index (χ0) is 19.4. The zero-order valence-electron chi connectivity index (χ0n) is 15.2. The minimum absolute atomic E-state index is 0.0270. The average molecular weight is 390 g/mol. The number of anilines is 2. The maximum absolute atomic E-state index is 12.2. The van der Waals surface area contributed by atoms with Crippen molar-refractivity contribution in [1.82, 2.24) is 20.3 Å². The first-order valence-electron chi connectivity index (χ1n) is 8.56. The molecule has 0 saturated carbocycles. The van der Waals surface area contributed by atoms with Crippen LogP contribution in [0, 0.1) is 0 Å². The minimum atomic E-state index is -0.171. The summed E-state index contributed by atoms with van der Waals surface area (Å²) in [6.07, 6.45) is 1.01. The monoisotopic (exact) mass is 390 g/mol. The van der Waals surface area contributed by atoms with Crippen LogP contribution in [-0.4, -0.2) is 39.3 Å². The van der Waals surface area contributed by atoms with Crippen molar-refractivity contribution >= 4 is 29.6 Å². The lowest BCUT2D eigenvalue weighted by molar-refractivity contribution is -0.118. The molecule has 27 heavy (non-hydrogen) atoms. The second-order valence-corrected chi connectivity index (χ2v) is 6.98. The highest BCUT2D eigenvalue weighted by Crippen LogP contribution is 2.35. The topological polar surface area (TPSA) is 138 Å². The molecule has 2 aromatic rings. The van der Waals surface area contributed by atoms with Gasteiger partial charge in [-0.05, 0) is 26.0 Å². The third-order valence-electron chi connectivity index (χ3n) is 3.84. The number of aromatic nitrogens is 3. The van der Waals surface area contributed by atoms with Crippen LogP contribution in [0.15, 0.2) is 17.3 Å². The molecule has 0 unspecified atom stereocenters. The van der Waals surface area contributed by atoms with Gasteiger partial charge in [-0.2, -0.15) is 15.0 Å². The van der Waals surface area contributed by atoms with E-state index in [0.29, 0.717) is 18.3 Å². The summed E-state index contributed by atoms with van der Waals surface area (Å²) < 4.78 is 11.5. The van der Waals surface area contributed by atoms with Crippen LogP contribution in [-0.2, 0) is 17.8 Å². The number of ether oxygens (including phenoxy) is 2. The molecule has 0 radical (unpaired) electrons. The largest absolute Gasteiger partial charge is 0.494 e. The predicted molar refractivity (Wildman–Crippen MR) is 103 cm³/mol. The van der Waals surface area contributed by atoms with E-state index >= 15 is 0 Å². The van der Waals surface area contributed by atoms with Crippen molar-refractivity contribution in [2.45, 2.75) is 38.1 Å². The van der Waals surface area contributed by atoms with Gasteiger partial charge < -0.3 is 26.3 Å². The molecule has 0 saturated heterocycles. The molecule has 2 heterocycles. The molecule has 0 aliphatic carbocycles. The molecule has 1 aliphatic heterocycles. The van der Waals surface area contributed by atoms with E-state index in [4.69, 9.17) is 20.9 Å². The highest BCUT2D eigenvalue weighted by molar-refractivity contribution is 7.99. The summed E-state index contributed by atoms with van der Waals surface area (Å²) in [7, 11) is 0. The lowest BCUT2D eigenvalue weighted by Gasteiger charge is -2.13. The molecular formula is C17H22N6O3S. The third-order valence-corrected chi connectivity index (χ3v) is 4.68. The molecular weight excluding hydrogens is 368 g/mol. The van der Waals surface area contributed by atoms with Crippen molar-refractivity contribution in [2.75, 3.05) is 23.8 Å². The van der Waals surface area contributed by atoms with E-state index in [-0.39, 0.29) is 29.7 Å². The molecule has 0 fully saturated rings. The van der Waals surface area contributed by atoms with Crippen LogP contribution in [0.2, 0.25) is 0 Å². The van der Waals surface area contributed by atoms with Crippen LogP contribution in [0.5, 0.6) is 11.5 Å². The van der Waals surface area contributed by atoms with Crippen molar-refractivity contribution < 1.29 is 14.3 Å². The molecule has 9 nitrogen and oxygen atoms in total. The van der Waals surface area contributed by atoms with Gasteiger partial charge in [-0.25, -0.2) is 0 Å². The summed E-state index contributed by atoms with van der Waals surface area (Å²) in [5, 5.41) is 3.18. The second-order valence-electron chi connectivity index (χ2n) is 6.03. The number of nitrogen functional groups attached to an aromatic ring is 2. The Morgan fingerprint density at radius 2 is 2.07 bits per heavy atom. The second kappa shape index (κ2) is 8.30. The van der Waals surface area contributed by atoms with E-state index < -0.39 is 0 Å². The standard InChI is InChI=1S/C17H22N6O3S/c1-3-25-12-5-10-4-9(2)26-13(10)6-11(12)7-20-14(24)8-27-17-22-15(18)21-16(19)23-17/h5-6,9H,3-4,7-8H2,1-2H3,(H,20,24)(H4,18,19,21,22,23)/t9-/m0/s1. The molecule has 144 valence electrons. The van der Waals surface area contributed by atoms with Gasteiger partial charge in [-0.3, -0.25) is 4.79 Å². The Kier molecular flexibility index (Phi) is 5.84. The van der Waals surface area contributed by atoms with Crippen LogP contribution in [0.4, 0.5) is 11.9 Å². The van der Waals surface area contributed by atoms with Crippen LogP contribution < -0.4 is 26.3 Å². The van der Waals surface area contributed by atoms with Crippen molar-refractivity contribution in [1.29, 1.82) is 0 Å². The SMILES string of the molecule is CCOc1cc2c(cc1CNC(=O)CSc1nc(N)nc(N)n1)O[C@@H](C)C2.